The minimum Gasteiger partial charge on any atom is -0.357 e. The van der Waals surface area contributed by atoms with E-state index in [4.69, 9.17) is 0 Å². The molecule has 0 atom stereocenters. The molecule has 2 N–H and O–H groups in total. The maximum absolute atomic E-state index is 4.64. The molecule has 3 heterocycles. The van der Waals surface area contributed by atoms with Gasteiger partial charge in [0, 0.05) is 46.0 Å². The van der Waals surface area contributed by atoms with Crippen LogP contribution >= 0.6 is 24.0 Å². The van der Waals surface area contributed by atoms with Gasteiger partial charge in [-0.1, -0.05) is 6.07 Å². The number of aliphatic imine (C=N–C) groups is 1. The number of aryl methyl sites for hydroxylation is 1. The number of nitrogens with one attached hydrogen (secondary N) is 2. The molecule has 0 amide bonds. The van der Waals surface area contributed by atoms with Crippen LogP contribution in [0.3, 0.4) is 0 Å². The van der Waals surface area contributed by atoms with Crippen LogP contribution in [-0.4, -0.2) is 70.4 Å². The number of nitrogens with zero attached hydrogens (tertiary/aromatic N) is 7. The fourth-order valence-electron chi connectivity index (χ4n) is 2.89. The fourth-order valence-corrected chi connectivity index (χ4v) is 2.89. The minimum atomic E-state index is 0. The van der Waals surface area contributed by atoms with E-state index in [0.717, 1.165) is 55.9 Å². The van der Waals surface area contributed by atoms with Crippen molar-refractivity contribution < 1.29 is 0 Å². The van der Waals surface area contributed by atoms with Crippen molar-refractivity contribution in [2.24, 2.45) is 12.0 Å². The summed E-state index contributed by atoms with van der Waals surface area (Å²) in [6.45, 7) is 8.20. The lowest BCUT2D eigenvalue weighted by atomic mass is 10.2. The number of pyridine rings is 1. The SMILES string of the molecule is CCNC(=NCc1ccc(N2CCN(C)CC2)nc1)NCc1ncnn1C.I. The van der Waals surface area contributed by atoms with Gasteiger partial charge in [-0.25, -0.2) is 15.0 Å². The summed E-state index contributed by atoms with van der Waals surface area (Å²) in [5.41, 5.74) is 1.09. The van der Waals surface area contributed by atoms with Crippen molar-refractivity contribution in [3.8, 4) is 0 Å². The number of hydrogen-bond acceptors (Lipinski definition) is 6. The van der Waals surface area contributed by atoms with E-state index >= 15 is 0 Å². The first-order valence-electron chi connectivity index (χ1n) is 9.39. The van der Waals surface area contributed by atoms with Gasteiger partial charge < -0.3 is 20.4 Å². The number of rotatable bonds is 6. The molecule has 2 aromatic rings. The summed E-state index contributed by atoms with van der Waals surface area (Å²) in [6, 6.07) is 4.20. The van der Waals surface area contributed by atoms with Crippen molar-refractivity contribution in [2.75, 3.05) is 44.7 Å². The van der Waals surface area contributed by atoms with Gasteiger partial charge in [0.25, 0.3) is 0 Å². The van der Waals surface area contributed by atoms with Gasteiger partial charge in [0.15, 0.2) is 5.96 Å². The molecule has 1 aliphatic rings. The molecule has 0 aliphatic carbocycles. The van der Waals surface area contributed by atoms with Crippen LogP contribution in [0.25, 0.3) is 0 Å². The molecule has 3 rings (SSSR count). The third-order valence-corrected chi connectivity index (χ3v) is 4.62. The lowest BCUT2D eigenvalue weighted by Crippen LogP contribution is -2.44. The summed E-state index contributed by atoms with van der Waals surface area (Å²) >= 11 is 0. The minimum absolute atomic E-state index is 0. The smallest absolute Gasteiger partial charge is 0.191 e. The first-order valence-corrected chi connectivity index (χ1v) is 9.39. The van der Waals surface area contributed by atoms with Crippen LogP contribution in [0.5, 0.6) is 0 Å². The van der Waals surface area contributed by atoms with E-state index in [-0.39, 0.29) is 24.0 Å². The van der Waals surface area contributed by atoms with Gasteiger partial charge in [-0.2, -0.15) is 5.10 Å². The Kier molecular flexibility index (Phi) is 8.90. The summed E-state index contributed by atoms with van der Waals surface area (Å²) in [5.74, 6) is 2.66. The zero-order valence-corrected chi connectivity index (χ0v) is 19.1. The zero-order chi connectivity index (χ0) is 19.1. The van der Waals surface area contributed by atoms with Crippen LogP contribution in [0.1, 0.15) is 18.3 Å². The third kappa shape index (κ3) is 6.30. The quantitative estimate of drug-likeness (QED) is 0.346. The highest BCUT2D eigenvalue weighted by Crippen LogP contribution is 2.14. The Morgan fingerprint density at radius 1 is 1.11 bits per heavy atom. The topological polar surface area (TPSA) is 86.5 Å². The largest absolute Gasteiger partial charge is 0.357 e. The van der Waals surface area contributed by atoms with Gasteiger partial charge >= 0.3 is 0 Å². The maximum Gasteiger partial charge on any atom is 0.191 e. The first-order chi connectivity index (χ1) is 13.2. The van der Waals surface area contributed by atoms with E-state index < -0.39 is 0 Å². The maximum atomic E-state index is 4.64. The zero-order valence-electron chi connectivity index (χ0n) is 16.8. The van der Waals surface area contributed by atoms with E-state index in [0.29, 0.717) is 13.1 Å². The number of aromatic nitrogens is 4. The lowest BCUT2D eigenvalue weighted by Gasteiger charge is -2.33. The third-order valence-electron chi connectivity index (χ3n) is 4.62. The molecule has 28 heavy (non-hydrogen) atoms. The van der Waals surface area contributed by atoms with E-state index in [2.05, 4.69) is 59.7 Å². The van der Waals surface area contributed by atoms with E-state index in [1.165, 1.54) is 0 Å². The summed E-state index contributed by atoms with van der Waals surface area (Å²) < 4.78 is 1.75. The van der Waals surface area contributed by atoms with Gasteiger partial charge in [-0.05, 0) is 25.6 Å². The van der Waals surface area contributed by atoms with Crippen molar-refractivity contribution in [1.29, 1.82) is 0 Å². The molecule has 0 bridgehead atoms. The van der Waals surface area contributed by atoms with Crippen molar-refractivity contribution >= 4 is 35.8 Å². The average molecular weight is 499 g/mol. The molecule has 0 unspecified atom stereocenters. The van der Waals surface area contributed by atoms with Gasteiger partial charge in [-0.15, -0.1) is 24.0 Å². The number of halogens is 1. The molecule has 1 aliphatic heterocycles. The Labute approximate surface area is 183 Å². The Balaban J connectivity index is 0.00000280. The summed E-state index contributed by atoms with van der Waals surface area (Å²) in [6.07, 6.45) is 3.47. The second kappa shape index (κ2) is 11.1. The molecule has 9 nitrogen and oxygen atoms in total. The standard InChI is InChI=1S/C18H29N9.HI/c1-4-19-18(22-13-17-23-14-24-26(17)3)21-12-15-5-6-16(20-11-15)27-9-7-25(2)8-10-27;/h5-6,11,14H,4,7-10,12-13H2,1-3H3,(H2,19,21,22);1H. The molecular formula is C18H30IN9. The molecule has 0 saturated carbocycles. The Hall–Kier alpha value is -1.95. The van der Waals surface area contributed by atoms with Crippen molar-refractivity contribution in [3.05, 3.63) is 36.0 Å². The van der Waals surface area contributed by atoms with Gasteiger partial charge in [0.1, 0.15) is 18.0 Å². The van der Waals surface area contributed by atoms with Crippen LogP contribution in [0, 0.1) is 0 Å². The van der Waals surface area contributed by atoms with Crippen molar-refractivity contribution in [2.45, 2.75) is 20.0 Å². The molecule has 10 heteroatoms. The fraction of sp³-hybridized carbons (Fsp3) is 0.556. The number of guanidine groups is 1. The Morgan fingerprint density at radius 3 is 2.50 bits per heavy atom. The number of piperazine rings is 1. The second-order valence-corrected chi connectivity index (χ2v) is 6.66. The van der Waals surface area contributed by atoms with Crippen LogP contribution in [0.15, 0.2) is 29.6 Å². The highest BCUT2D eigenvalue weighted by molar-refractivity contribution is 14.0. The van der Waals surface area contributed by atoms with Crippen molar-refractivity contribution in [1.82, 2.24) is 35.3 Å². The molecular weight excluding hydrogens is 469 g/mol. The molecule has 0 spiro atoms. The first kappa shape index (κ1) is 22.3. The van der Waals surface area contributed by atoms with Crippen LogP contribution in [-0.2, 0) is 20.1 Å². The normalized spacial score (nSPS) is 15.2. The van der Waals surface area contributed by atoms with Crippen LogP contribution in [0.4, 0.5) is 5.82 Å². The monoisotopic (exact) mass is 499 g/mol. The predicted octanol–water partition coefficient (Wildman–Crippen LogP) is 0.835. The van der Waals surface area contributed by atoms with Crippen LogP contribution in [0.2, 0.25) is 0 Å². The predicted molar refractivity (Wildman–Crippen MR) is 122 cm³/mol. The average Bonchev–Trinajstić information content (AvgIpc) is 3.10. The Morgan fingerprint density at radius 2 is 1.89 bits per heavy atom. The summed E-state index contributed by atoms with van der Waals surface area (Å²) in [7, 11) is 4.04. The molecule has 1 saturated heterocycles. The van der Waals surface area contributed by atoms with Crippen molar-refractivity contribution in [3.63, 3.8) is 0 Å². The second-order valence-electron chi connectivity index (χ2n) is 6.66. The number of likely N-dealkylation sites (N-methyl/N-ethyl adjacent to an activating group) is 1. The highest BCUT2D eigenvalue weighted by Gasteiger charge is 2.14. The highest BCUT2D eigenvalue weighted by atomic mass is 127. The van der Waals surface area contributed by atoms with E-state index in [1.54, 1.807) is 11.0 Å². The Bertz CT molecular complexity index is 736. The van der Waals surface area contributed by atoms with E-state index in [1.807, 2.05) is 20.2 Å². The van der Waals surface area contributed by atoms with Gasteiger partial charge in [0.05, 0.1) is 13.1 Å². The number of anilines is 1. The van der Waals surface area contributed by atoms with Gasteiger partial charge in [0.2, 0.25) is 0 Å². The summed E-state index contributed by atoms with van der Waals surface area (Å²) in [5, 5.41) is 10.6. The molecule has 1 fully saturated rings. The molecule has 154 valence electrons. The van der Waals surface area contributed by atoms with Gasteiger partial charge in [-0.3, -0.25) is 4.68 Å². The number of hydrogen-bond donors (Lipinski definition) is 2. The molecule has 0 aromatic carbocycles. The lowest BCUT2D eigenvalue weighted by molar-refractivity contribution is 0.312. The molecule has 0 radical (unpaired) electrons. The molecule has 2 aromatic heterocycles. The van der Waals surface area contributed by atoms with E-state index in [9.17, 15) is 0 Å². The summed E-state index contributed by atoms with van der Waals surface area (Å²) in [4.78, 5) is 18.2. The van der Waals surface area contributed by atoms with Crippen LogP contribution < -0.4 is 15.5 Å².